The number of carboxylic acid groups (broad SMARTS) is 1. The molecular formula is C20H22FN5O4. The fourth-order valence-corrected chi connectivity index (χ4v) is 3.50. The second-order valence-electron chi connectivity index (χ2n) is 7.48. The fraction of sp³-hybridized carbons (Fsp3) is 0.450. The highest BCUT2D eigenvalue weighted by atomic mass is 19.1. The number of aliphatic carboxylic acids is 1. The summed E-state index contributed by atoms with van der Waals surface area (Å²) >= 11 is 0. The van der Waals surface area contributed by atoms with E-state index in [1.807, 2.05) is 0 Å². The van der Waals surface area contributed by atoms with Gasteiger partial charge in [-0.2, -0.15) is 4.98 Å². The highest BCUT2D eigenvalue weighted by molar-refractivity contribution is 5.78. The van der Waals surface area contributed by atoms with Crippen molar-refractivity contribution >= 4 is 5.97 Å². The van der Waals surface area contributed by atoms with E-state index in [-0.39, 0.29) is 12.2 Å². The minimum atomic E-state index is -1.20. The zero-order valence-electron chi connectivity index (χ0n) is 16.5. The Morgan fingerprint density at radius 2 is 2.27 bits per heavy atom. The highest BCUT2D eigenvalue weighted by Crippen LogP contribution is 2.29. The van der Waals surface area contributed by atoms with Crippen LogP contribution in [0.1, 0.15) is 36.4 Å². The summed E-state index contributed by atoms with van der Waals surface area (Å²) in [5.74, 6) is -0.471. The molecule has 3 heterocycles. The van der Waals surface area contributed by atoms with Gasteiger partial charge in [0.1, 0.15) is 5.82 Å². The van der Waals surface area contributed by atoms with Crippen molar-refractivity contribution in [1.29, 1.82) is 0 Å². The van der Waals surface area contributed by atoms with Gasteiger partial charge < -0.3 is 14.4 Å². The predicted octanol–water partition coefficient (Wildman–Crippen LogP) is 2.58. The van der Waals surface area contributed by atoms with Crippen LogP contribution in [0, 0.1) is 12.7 Å². The lowest BCUT2D eigenvalue weighted by Gasteiger charge is -2.21. The molecule has 2 aromatic heterocycles. The molecule has 10 heteroatoms. The lowest BCUT2D eigenvalue weighted by molar-refractivity contribution is -0.160. The van der Waals surface area contributed by atoms with Crippen LogP contribution in [0.2, 0.25) is 0 Å². The second kappa shape index (κ2) is 8.31. The van der Waals surface area contributed by atoms with Crippen molar-refractivity contribution in [2.45, 2.75) is 51.2 Å². The molecule has 0 bridgehead atoms. The van der Waals surface area contributed by atoms with Gasteiger partial charge in [0.15, 0.2) is 5.60 Å². The number of aromatic nitrogens is 5. The summed E-state index contributed by atoms with van der Waals surface area (Å²) in [7, 11) is 0. The van der Waals surface area contributed by atoms with Crippen molar-refractivity contribution in [3.8, 4) is 11.4 Å². The number of aryl methyl sites for hydroxylation is 3. The normalized spacial score (nSPS) is 18.7. The number of hydrogen-bond acceptors (Lipinski definition) is 7. The maximum Gasteiger partial charge on any atom is 0.336 e. The summed E-state index contributed by atoms with van der Waals surface area (Å²) in [5, 5.41) is 21.5. The molecule has 3 aromatic rings. The van der Waals surface area contributed by atoms with Crippen molar-refractivity contribution in [1.82, 2.24) is 25.1 Å². The maximum absolute atomic E-state index is 13.7. The number of hydrogen-bond donors (Lipinski definition) is 1. The first-order valence-electron chi connectivity index (χ1n) is 9.81. The topological polar surface area (TPSA) is 116 Å². The summed E-state index contributed by atoms with van der Waals surface area (Å²) in [6.07, 6.45) is 4.33. The first-order chi connectivity index (χ1) is 14.4. The largest absolute Gasteiger partial charge is 0.479 e. The number of carboxylic acids is 1. The van der Waals surface area contributed by atoms with Gasteiger partial charge in [-0.1, -0.05) is 22.5 Å². The molecule has 1 N–H and O–H groups in total. The number of ether oxygens (including phenoxy) is 1. The van der Waals surface area contributed by atoms with Gasteiger partial charge in [0.2, 0.25) is 11.7 Å². The van der Waals surface area contributed by atoms with E-state index in [1.165, 1.54) is 6.07 Å². The third kappa shape index (κ3) is 4.23. The van der Waals surface area contributed by atoms with Crippen LogP contribution in [0.15, 0.2) is 28.9 Å². The summed E-state index contributed by atoms with van der Waals surface area (Å²) in [6.45, 7) is 2.70. The average Bonchev–Trinajstić information content (AvgIpc) is 3.46. The van der Waals surface area contributed by atoms with E-state index in [2.05, 4.69) is 20.5 Å². The Labute approximate surface area is 171 Å². The van der Waals surface area contributed by atoms with Crippen LogP contribution in [0.25, 0.3) is 11.4 Å². The Morgan fingerprint density at radius 1 is 1.40 bits per heavy atom. The van der Waals surface area contributed by atoms with E-state index in [1.54, 1.807) is 29.9 Å². The average molecular weight is 415 g/mol. The number of carbonyl (C=O) groups is 1. The Kier molecular flexibility index (Phi) is 5.58. The summed E-state index contributed by atoms with van der Waals surface area (Å²) in [4.78, 5) is 15.9. The zero-order valence-corrected chi connectivity index (χ0v) is 16.5. The summed E-state index contributed by atoms with van der Waals surface area (Å²) < 4.78 is 26.1. The van der Waals surface area contributed by atoms with Crippen molar-refractivity contribution in [2.75, 3.05) is 6.61 Å². The standard InChI is InChI=1S/C20H22FN5O4/c1-13-5-6-14(10-16(13)21)18-22-17(30-24-18)4-2-8-26-12-15(23-25-26)11-20(19(27)28)7-3-9-29-20/h5-6,10,12H,2-4,7-9,11H2,1H3,(H,27,28). The first-order valence-corrected chi connectivity index (χ1v) is 9.81. The smallest absolute Gasteiger partial charge is 0.336 e. The number of rotatable bonds is 8. The third-order valence-corrected chi connectivity index (χ3v) is 5.22. The maximum atomic E-state index is 13.7. The van der Waals surface area contributed by atoms with Gasteiger partial charge in [-0.05, 0) is 37.8 Å². The summed E-state index contributed by atoms with van der Waals surface area (Å²) in [6, 6.07) is 4.81. The second-order valence-corrected chi connectivity index (χ2v) is 7.48. The van der Waals surface area contributed by atoms with Crippen LogP contribution in [-0.2, 0) is 28.9 Å². The van der Waals surface area contributed by atoms with E-state index in [0.717, 1.165) is 6.42 Å². The van der Waals surface area contributed by atoms with E-state index >= 15 is 0 Å². The number of benzene rings is 1. The van der Waals surface area contributed by atoms with Crippen LogP contribution in [-0.4, -0.2) is 48.4 Å². The Bertz CT molecular complexity index is 1040. The van der Waals surface area contributed by atoms with Crippen molar-refractivity contribution < 1.29 is 23.6 Å². The minimum Gasteiger partial charge on any atom is -0.479 e. The molecule has 158 valence electrons. The van der Waals surface area contributed by atoms with E-state index in [0.29, 0.717) is 61.0 Å². The number of nitrogens with zero attached hydrogens (tertiary/aromatic N) is 5. The fourth-order valence-electron chi connectivity index (χ4n) is 3.50. The monoisotopic (exact) mass is 415 g/mol. The van der Waals surface area contributed by atoms with E-state index in [4.69, 9.17) is 9.26 Å². The molecule has 1 fully saturated rings. The summed E-state index contributed by atoms with van der Waals surface area (Å²) in [5.41, 5.74) is 0.510. The molecule has 0 radical (unpaired) electrons. The zero-order chi connectivity index (χ0) is 21.1. The molecule has 4 rings (SSSR count). The van der Waals surface area contributed by atoms with Crippen LogP contribution < -0.4 is 0 Å². The molecule has 1 aromatic carbocycles. The van der Waals surface area contributed by atoms with Gasteiger partial charge in [-0.15, -0.1) is 5.10 Å². The van der Waals surface area contributed by atoms with Crippen molar-refractivity contribution in [2.24, 2.45) is 0 Å². The SMILES string of the molecule is Cc1ccc(-c2noc(CCCn3cc(CC4(C(=O)O)CCCO4)nn3)n2)cc1F. The molecule has 1 aliphatic heterocycles. The van der Waals surface area contributed by atoms with Gasteiger partial charge >= 0.3 is 5.97 Å². The van der Waals surface area contributed by atoms with Gasteiger partial charge in [-0.25, -0.2) is 9.18 Å². The highest BCUT2D eigenvalue weighted by Gasteiger charge is 2.43. The predicted molar refractivity (Wildman–Crippen MR) is 102 cm³/mol. The molecule has 1 aliphatic rings. The van der Waals surface area contributed by atoms with E-state index in [9.17, 15) is 14.3 Å². The molecule has 0 spiro atoms. The molecular weight excluding hydrogens is 393 g/mol. The van der Waals surface area contributed by atoms with Gasteiger partial charge in [0, 0.05) is 37.8 Å². The van der Waals surface area contributed by atoms with Crippen LogP contribution in [0.4, 0.5) is 4.39 Å². The molecule has 30 heavy (non-hydrogen) atoms. The van der Waals surface area contributed by atoms with Crippen LogP contribution >= 0.6 is 0 Å². The molecule has 9 nitrogen and oxygen atoms in total. The van der Waals surface area contributed by atoms with Crippen LogP contribution in [0.3, 0.4) is 0 Å². The molecule has 0 aliphatic carbocycles. The van der Waals surface area contributed by atoms with E-state index < -0.39 is 11.6 Å². The molecule has 1 atom stereocenters. The van der Waals surface area contributed by atoms with Gasteiger partial charge in [0.25, 0.3) is 0 Å². The third-order valence-electron chi connectivity index (χ3n) is 5.22. The molecule has 0 amide bonds. The minimum absolute atomic E-state index is 0.197. The molecule has 1 saturated heterocycles. The quantitative estimate of drug-likeness (QED) is 0.597. The lowest BCUT2D eigenvalue weighted by Crippen LogP contribution is -2.40. The Balaban J connectivity index is 1.32. The van der Waals surface area contributed by atoms with Crippen molar-refractivity contribution in [3.63, 3.8) is 0 Å². The first kappa shape index (κ1) is 20.1. The number of halogens is 1. The molecule has 1 unspecified atom stereocenters. The van der Waals surface area contributed by atoms with Crippen LogP contribution in [0.5, 0.6) is 0 Å². The molecule has 0 saturated carbocycles. The Hall–Kier alpha value is -3.14. The lowest BCUT2D eigenvalue weighted by atomic mass is 9.95. The van der Waals surface area contributed by atoms with Crippen molar-refractivity contribution in [3.05, 3.63) is 47.4 Å². The van der Waals surface area contributed by atoms with Gasteiger partial charge in [0.05, 0.1) is 5.69 Å². The Morgan fingerprint density at radius 3 is 3.00 bits per heavy atom. The van der Waals surface area contributed by atoms with Gasteiger partial charge in [-0.3, -0.25) is 4.68 Å².